The van der Waals surface area contributed by atoms with E-state index in [1.54, 1.807) is 11.3 Å². The highest BCUT2D eigenvalue weighted by atomic mass is 32.1. The van der Waals surface area contributed by atoms with Gasteiger partial charge in [0.05, 0.1) is 12.1 Å². The van der Waals surface area contributed by atoms with Gasteiger partial charge in [-0.1, -0.05) is 30.3 Å². The van der Waals surface area contributed by atoms with Crippen LogP contribution in [0.25, 0.3) is 11.5 Å². The Morgan fingerprint density at radius 3 is 2.92 bits per heavy atom. The lowest BCUT2D eigenvalue weighted by Crippen LogP contribution is -2.28. The molecule has 0 bridgehead atoms. The Hall–Kier alpha value is -2.40. The van der Waals surface area contributed by atoms with Gasteiger partial charge >= 0.3 is 0 Å². The molecule has 3 aromatic rings. The summed E-state index contributed by atoms with van der Waals surface area (Å²) < 4.78 is 5.69. The van der Waals surface area contributed by atoms with Gasteiger partial charge in [0.2, 0.25) is 11.8 Å². The molecule has 1 fully saturated rings. The molecule has 2 atom stereocenters. The maximum atomic E-state index is 12.3. The van der Waals surface area contributed by atoms with Crippen molar-refractivity contribution in [1.82, 2.24) is 10.3 Å². The van der Waals surface area contributed by atoms with E-state index < -0.39 is 0 Å². The molecule has 2 heterocycles. The third kappa shape index (κ3) is 3.12. The highest BCUT2D eigenvalue weighted by Crippen LogP contribution is 2.40. The van der Waals surface area contributed by atoms with E-state index in [2.05, 4.69) is 22.4 Å². The number of hydrogen-bond acceptors (Lipinski definition) is 4. The molecule has 1 saturated carbocycles. The zero-order valence-electron chi connectivity index (χ0n) is 13.4. The maximum Gasteiger partial charge on any atom is 0.227 e. The van der Waals surface area contributed by atoms with Crippen LogP contribution < -0.4 is 5.32 Å². The molecule has 2 unspecified atom stereocenters. The van der Waals surface area contributed by atoms with Crippen molar-refractivity contribution in [3.05, 3.63) is 64.2 Å². The number of benzene rings is 1. The van der Waals surface area contributed by atoms with Crippen LogP contribution in [0.3, 0.4) is 0 Å². The predicted molar refractivity (Wildman–Crippen MR) is 94.0 cm³/mol. The largest absolute Gasteiger partial charge is 0.441 e. The summed E-state index contributed by atoms with van der Waals surface area (Å²) in [4.78, 5) is 16.8. The lowest BCUT2D eigenvalue weighted by Gasteiger charge is -2.04. The number of amides is 1. The first kappa shape index (κ1) is 15.1. The van der Waals surface area contributed by atoms with Gasteiger partial charge in [-0.15, -0.1) is 0 Å². The second kappa shape index (κ2) is 6.24. The maximum absolute atomic E-state index is 12.3. The zero-order valence-corrected chi connectivity index (χ0v) is 14.2. The molecule has 0 aliphatic heterocycles. The SMILES string of the molecule is Cc1oc(-c2ccsc2)nc1CC(=O)NC1CC1c1ccccc1. The van der Waals surface area contributed by atoms with Crippen molar-refractivity contribution in [3.63, 3.8) is 0 Å². The number of rotatable bonds is 5. The first-order chi connectivity index (χ1) is 11.7. The average molecular weight is 338 g/mol. The van der Waals surface area contributed by atoms with Gasteiger partial charge in [-0.05, 0) is 30.4 Å². The van der Waals surface area contributed by atoms with E-state index in [1.807, 2.05) is 41.9 Å². The smallest absolute Gasteiger partial charge is 0.227 e. The summed E-state index contributed by atoms with van der Waals surface area (Å²) in [5, 5.41) is 7.08. The summed E-state index contributed by atoms with van der Waals surface area (Å²) in [6, 6.07) is 12.5. The van der Waals surface area contributed by atoms with Crippen LogP contribution in [0.15, 0.2) is 51.6 Å². The summed E-state index contributed by atoms with van der Waals surface area (Å²) in [6.07, 6.45) is 1.27. The number of aryl methyl sites for hydroxylation is 1. The quantitative estimate of drug-likeness (QED) is 0.767. The molecule has 5 heteroatoms. The van der Waals surface area contributed by atoms with Crippen molar-refractivity contribution in [2.45, 2.75) is 31.7 Å². The van der Waals surface area contributed by atoms with Gasteiger partial charge in [0.15, 0.2) is 0 Å². The Morgan fingerprint density at radius 2 is 2.17 bits per heavy atom. The molecule has 1 N–H and O–H groups in total. The minimum Gasteiger partial charge on any atom is -0.441 e. The van der Waals surface area contributed by atoms with Crippen LogP contribution in [0.4, 0.5) is 0 Å². The Labute approximate surface area is 144 Å². The van der Waals surface area contributed by atoms with Crippen LogP contribution in [0, 0.1) is 6.92 Å². The van der Waals surface area contributed by atoms with Gasteiger partial charge in [0, 0.05) is 22.9 Å². The third-order valence-corrected chi connectivity index (χ3v) is 5.04. The van der Waals surface area contributed by atoms with Crippen molar-refractivity contribution in [3.8, 4) is 11.5 Å². The molecule has 0 saturated heterocycles. The monoisotopic (exact) mass is 338 g/mol. The van der Waals surface area contributed by atoms with Crippen molar-refractivity contribution < 1.29 is 9.21 Å². The Balaban J connectivity index is 1.37. The predicted octanol–water partition coefficient (Wildman–Crippen LogP) is 3.93. The van der Waals surface area contributed by atoms with E-state index in [4.69, 9.17) is 4.42 Å². The van der Waals surface area contributed by atoms with Gasteiger partial charge in [-0.3, -0.25) is 4.79 Å². The Kier molecular flexibility index (Phi) is 3.94. The molecular weight excluding hydrogens is 320 g/mol. The van der Waals surface area contributed by atoms with Crippen LogP contribution in [0.5, 0.6) is 0 Å². The summed E-state index contributed by atoms with van der Waals surface area (Å²) in [5.41, 5.74) is 2.96. The molecule has 1 aromatic carbocycles. The number of nitrogens with zero attached hydrogens (tertiary/aromatic N) is 1. The molecule has 122 valence electrons. The van der Waals surface area contributed by atoms with Gasteiger partial charge in [0.25, 0.3) is 0 Å². The number of thiophene rings is 1. The van der Waals surface area contributed by atoms with Crippen molar-refractivity contribution in [1.29, 1.82) is 0 Å². The number of carbonyl (C=O) groups is 1. The molecule has 4 nitrogen and oxygen atoms in total. The highest BCUT2D eigenvalue weighted by Gasteiger charge is 2.39. The fourth-order valence-electron chi connectivity index (χ4n) is 2.93. The normalized spacial score (nSPS) is 19.2. The fraction of sp³-hybridized carbons (Fsp3) is 0.263. The first-order valence-electron chi connectivity index (χ1n) is 8.04. The van der Waals surface area contributed by atoms with Crippen molar-refractivity contribution in [2.75, 3.05) is 0 Å². The lowest BCUT2D eigenvalue weighted by atomic mass is 10.1. The van der Waals surface area contributed by atoms with Crippen LogP contribution in [0.1, 0.15) is 29.4 Å². The van der Waals surface area contributed by atoms with Gasteiger partial charge in [-0.2, -0.15) is 11.3 Å². The number of carbonyl (C=O) groups excluding carboxylic acids is 1. The van der Waals surface area contributed by atoms with Gasteiger partial charge in [0.1, 0.15) is 5.76 Å². The minimum atomic E-state index is 0.00620. The number of hydrogen-bond donors (Lipinski definition) is 1. The zero-order chi connectivity index (χ0) is 16.5. The number of oxazole rings is 1. The standard InChI is InChI=1S/C19H18N2O2S/c1-12-16(21-19(23-12)14-7-8-24-11-14)10-18(22)20-17-9-15(17)13-5-3-2-4-6-13/h2-8,11,15,17H,9-10H2,1H3,(H,20,22). The molecule has 0 spiro atoms. The van der Waals surface area contributed by atoms with E-state index in [1.165, 1.54) is 5.56 Å². The van der Waals surface area contributed by atoms with Gasteiger partial charge in [-0.25, -0.2) is 4.98 Å². The molecule has 1 aliphatic carbocycles. The molecular formula is C19H18N2O2S. The number of aromatic nitrogens is 1. The summed E-state index contributed by atoms with van der Waals surface area (Å²) >= 11 is 1.60. The highest BCUT2D eigenvalue weighted by molar-refractivity contribution is 7.08. The molecule has 1 aliphatic rings. The van der Waals surface area contributed by atoms with Crippen LogP contribution in [-0.4, -0.2) is 16.9 Å². The molecule has 4 rings (SSSR count). The van der Waals surface area contributed by atoms with Crippen molar-refractivity contribution >= 4 is 17.2 Å². The van der Waals surface area contributed by atoms with E-state index in [-0.39, 0.29) is 18.4 Å². The molecule has 2 aromatic heterocycles. The molecule has 24 heavy (non-hydrogen) atoms. The van der Waals surface area contributed by atoms with E-state index in [9.17, 15) is 4.79 Å². The summed E-state index contributed by atoms with van der Waals surface area (Å²) in [5.74, 6) is 1.74. The molecule has 1 amide bonds. The van der Waals surface area contributed by atoms with Crippen LogP contribution >= 0.6 is 11.3 Å². The third-order valence-electron chi connectivity index (χ3n) is 4.35. The minimum absolute atomic E-state index is 0.00620. The lowest BCUT2D eigenvalue weighted by molar-refractivity contribution is -0.120. The first-order valence-corrected chi connectivity index (χ1v) is 8.98. The summed E-state index contributed by atoms with van der Waals surface area (Å²) in [7, 11) is 0. The van der Waals surface area contributed by atoms with Crippen molar-refractivity contribution in [2.24, 2.45) is 0 Å². The fourth-order valence-corrected chi connectivity index (χ4v) is 3.56. The van der Waals surface area contributed by atoms with E-state index in [0.29, 0.717) is 23.3 Å². The van der Waals surface area contributed by atoms with Gasteiger partial charge < -0.3 is 9.73 Å². The average Bonchev–Trinajstić information content (AvgIpc) is 2.97. The van der Waals surface area contributed by atoms with Crippen LogP contribution in [0.2, 0.25) is 0 Å². The second-order valence-corrected chi connectivity index (χ2v) is 6.92. The Bertz CT molecular complexity index is 840. The number of nitrogens with one attached hydrogen (secondary N) is 1. The summed E-state index contributed by atoms with van der Waals surface area (Å²) in [6.45, 7) is 1.86. The van der Waals surface area contributed by atoms with Crippen LogP contribution in [-0.2, 0) is 11.2 Å². The topological polar surface area (TPSA) is 55.1 Å². The van der Waals surface area contributed by atoms with E-state index >= 15 is 0 Å². The molecule has 0 radical (unpaired) electrons. The second-order valence-electron chi connectivity index (χ2n) is 6.14. The van der Waals surface area contributed by atoms with E-state index in [0.717, 1.165) is 12.0 Å². The Morgan fingerprint density at radius 1 is 1.33 bits per heavy atom.